The number of likely N-dealkylation sites (N-methyl/N-ethyl adjacent to an activating group) is 1. The summed E-state index contributed by atoms with van der Waals surface area (Å²) < 4.78 is 1.13. The highest BCUT2D eigenvalue weighted by molar-refractivity contribution is 9.10. The van der Waals surface area contributed by atoms with Crippen molar-refractivity contribution < 1.29 is 0 Å². The van der Waals surface area contributed by atoms with E-state index in [1.54, 1.807) is 0 Å². The minimum Gasteiger partial charge on any atom is -0.326 e. The van der Waals surface area contributed by atoms with Crippen molar-refractivity contribution in [2.45, 2.75) is 50.7 Å². The van der Waals surface area contributed by atoms with Gasteiger partial charge >= 0.3 is 0 Å². The molecule has 0 amide bonds. The van der Waals surface area contributed by atoms with Crippen molar-refractivity contribution in [1.29, 1.82) is 0 Å². The zero-order valence-corrected chi connectivity index (χ0v) is 12.9. The van der Waals surface area contributed by atoms with Crippen LogP contribution in [-0.4, -0.2) is 24.0 Å². The zero-order chi connectivity index (χ0) is 13.1. The van der Waals surface area contributed by atoms with E-state index in [0.717, 1.165) is 4.47 Å². The number of rotatable bonds is 4. The van der Waals surface area contributed by atoms with Crippen LogP contribution in [-0.2, 0) is 0 Å². The van der Waals surface area contributed by atoms with Crippen molar-refractivity contribution in [2.75, 3.05) is 7.05 Å². The molecule has 2 atom stereocenters. The first-order valence-electron chi connectivity index (χ1n) is 6.82. The summed E-state index contributed by atoms with van der Waals surface area (Å²) in [6, 6.07) is 9.69. The Morgan fingerprint density at radius 2 is 2.00 bits per heavy atom. The molecule has 2 N–H and O–H groups in total. The Balaban J connectivity index is 2.22. The highest BCUT2D eigenvalue weighted by atomic mass is 79.9. The largest absolute Gasteiger partial charge is 0.326 e. The summed E-state index contributed by atoms with van der Waals surface area (Å²) in [5.41, 5.74) is 7.54. The summed E-state index contributed by atoms with van der Waals surface area (Å²) in [5, 5.41) is 0. The Labute approximate surface area is 119 Å². The Morgan fingerprint density at radius 3 is 2.56 bits per heavy atom. The lowest BCUT2D eigenvalue weighted by molar-refractivity contribution is 0.157. The molecule has 0 saturated heterocycles. The fraction of sp³-hybridized carbons (Fsp3) is 0.600. The molecule has 0 spiro atoms. The lowest BCUT2D eigenvalue weighted by Gasteiger charge is -2.36. The quantitative estimate of drug-likeness (QED) is 0.918. The van der Waals surface area contributed by atoms with Gasteiger partial charge in [0.15, 0.2) is 0 Å². The molecule has 0 bridgehead atoms. The summed E-state index contributed by atoms with van der Waals surface area (Å²) in [5.74, 6) is 0. The van der Waals surface area contributed by atoms with Crippen LogP contribution in [0.5, 0.6) is 0 Å². The first-order valence-corrected chi connectivity index (χ1v) is 7.62. The van der Waals surface area contributed by atoms with Gasteiger partial charge in [-0.3, -0.25) is 4.90 Å². The molecule has 1 fully saturated rings. The number of hydrogen-bond acceptors (Lipinski definition) is 2. The molecule has 100 valence electrons. The van der Waals surface area contributed by atoms with Crippen LogP contribution in [0.25, 0.3) is 0 Å². The van der Waals surface area contributed by atoms with Crippen molar-refractivity contribution in [3.05, 3.63) is 34.3 Å². The van der Waals surface area contributed by atoms with Gasteiger partial charge in [0.05, 0.1) is 0 Å². The van der Waals surface area contributed by atoms with Crippen molar-refractivity contribution in [3.8, 4) is 0 Å². The van der Waals surface area contributed by atoms with Gasteiger partial charge in [-0.2, -0.15) is 0 Å². The average Bonchev–Trinajstić information content (AvgIpc) is 2.82. The van der Waals surface area contributed by atoms with Crippen LogP contribution in [0, 0.1) is 0 Å². The second-order valence-corrected chi connectivity index (χ2v) is 6.38. The van der Waals surface area contributed by atoms with Gasteiger partial charge in [0, 0.05) is 22.6 Å². The maximum Gasteiger partial charge on any atom is 0.0496 e. The van der Waals surface area contributed by atoms with Crippen molar-refractivity contribution >= 4 is 15.9 Å². The van der Waals surface area contributed by atoms with Gasteiger partial charge in [0.25, 0.3) is 0 Å². The predicted octanol–water partition coefficient (Wildman–Crippen LogP) is 3.71. The summed E-state index contributed by atoms with van der Waals surface area (Å²) in [4.78, 5) is 2.49. The predicted molar refractivity (Wildman–Crippen MR) is 80.6 cm³/mol. The van der Waals surface area contributed by atoms with E-state index >= 15 is 0 Å². The molecule has 2 nitrogen and oxygen atoms in total. The molecule has 1 aliphatic rings. The number of hydrogen-bond donors (Lipinski definition) is 1. The van der Waals surface area contributed by atoms with E-state index in [9.17, 15) is 0 Å². The first-order chi connectivity index (χ1) is 8.59. The molecule has 1 aromatic rings. The summed E-state index contributed by atoms with van der Waals surface area (Å²) in [6.07, 6.45) is 5.35. The molecule has 0 aliphatic heterocycles. The molecule has 3 heteroatoms. The van der Waals surface area contributed by atoms with E-state index < -0.39 is 0 Å². The Morgan fingerprint density at radius 1 is 1.33 bits per heavy atom. The summed E-state index contributed by atoms with van der Waals surface area (Å²) in [7, 11) is 2.23. The summed E-state index contributed by atoms with van der Waals surface area (Å²) >= 11 is 3.55. The molecule has 0 radical (unpaired) electrons. The van der Waals surface area contributed by atoms with E-state index in [2.05, 4.69) is 59.1 Å². The van der Waals surface area contributed by atoms with Crippen molar-refractivity contribution in [1.82, 2.24) is 4.90 Å². The molecule has 1 aliphatic carbocycles. The molecule has 2 rings (SSSR count). The monoisotopic (exact) mass is 310 g/mol. The minimum atomic E-state index is 0.143. The second-order valence-electron chi connectivity index (χ2n) is 5.46. The van der Waals surface area contributed by atoms with Crippen LogP contribution in [0.3, 0.4) is 0 Å². The van der Waals surface area contributed by atoms with E-state index in [-0.39, 0.29) is 6.04 Å². The Hall–Kier alpha value is -0.380. The van der Waals surface area contributed by atoms with Gasteiger partial charge in [-0.05, 0) is 44.5 Å². The van der Waals surface area contributed by atoms with E-state index in [1.165, 1.54) is 31.2 Å². The molecule has 0 heterocycles. The molecule has 18 heavy (non-hydrogen) atoms. The molecule has 2 unspecified atom stereocenters. The van der Waals surface area contributed by atoms with Crippen molar-refractivity contribution in [2.24, 2.45) is 5.73 Å². The van der Waals surface area contributed by atoms with Gasteiger partial charge in [0.1, 0.15) is 0 Å². The summed E-state index contributed by atoms with van der Waals surface area (Å²) in [6.45, 7) is 2.11. The smallest absolute Gasteiger partial charge is 0.0496 e. The third-order valence-electron chi connectivity index (χ3n) is 4.03. The third kappa shape index (κ3) is 3.14. The number of nitrogens with two attached hydrogens (primary N) is 1. The highest BCUT2D eigenvalue weighted by Gasteiger charge is 2.28. The minimum absolute atomic E-state index is 0.143. The molecular weight excluding hydrogens is 288 g/mol. The van der Waals surface area contributed by atoms with Gasteiger partial charge < -0.3 is 5.73 Å². The molecule has 0 aromatic heterocycles. The standard InChI is InChI=1S/C15H23BrN2/c1-11(17)15(12-6-5-7-13(16)10-12)18(2)14-8-3-4-9-14/h5-7,10-11,14-15H,3-4,8-9,17H2,1-2H3. The van der Waals surface area contributed by atoms with E-state index in [4.69, 9.17) is 5.73 Å². The fourth-order valence-corrected chi connectivity index (χ4v) is 3.56. The van der Waals surface area contributed by atoms with Crippen LogP contribution in [0.1, 0.15) is 44.2 Å². The topological polar surface area (TPSA) is 29.3 Å². The molecular formula is C15H23BrN2. The van der Waals surface area contributed by atoms with Crippen LogP contribution >= 0.6 is 15.9 Å². The van der Waals surface area contributed by atoms with E-state index in [1.807, 2.05) is 0 Å². The zero-order valence-electron chi connectivity index (χ0n) is 11.3. The van der Waals surface area contributed by atoms with Gasteiger partial charge in [-0.25, -0.2) is 0 Å². The number of benzene rings is 1. The van der Waals surface area contributed by atoms with E-state index in [0.29, 0.717) is 12.1 Å². The number of halogens is 1. The van der Waals surface area contributed by atoms with Gasteiger partial charge in [-0.1, -0.05) is 40.9 Å². The van der Waals surface area contributed by atoms with Crippen LogP contribution < -0.4 is 5.73 Å². The Bertz CT molecular complexity index is 386. The van der Waals surface area contributed by atoms with Gasteiger partial charge in [-0.15, -0.1) is 0 Å². The number of nitrogens with zero attached hydrogens (tertiary/aromatic N) is 1. The SMILES string of the molecule is CC(N)C(c1cccc(Br)c1)N(C)C1CCCC1. The van der Waals surface area contributed by atoms with Crippen LogP contribution in [0.4, 0.5) is 0 Å². The second kappa shape index (κ2) is 6.18. The molecule has 1 aromatic carbocycles. The first kappa shape index (κ1) is 14.0. The Kier molecular flexibility index (Phi) is 4.82. The van der Waals surface area contributed by atoms with Crippen LogP contribution in [0.15, 0.2) is 28.7 Å². The van der Waals surface area contributed by atoms with Crippen LogP contribution in [0.2, 0.25) is 0 Å². The maximum absolute atomic E-state index is 6.23. The lowest BCUT2D eigenvalue weighted by Crippen LogP contribution is -2.41. The molecule has 1 saturated carbocycles. The lowest BCUT2D eigenvalue weighted by atomic mass is 9.98. The third-order valence-corrected chi connectivity index (χ3v) is 4.52. The average molecular weight is 311 g/mol. The maximum atomic E-state index is 6.23. The highest BCUT2D eigenvalue weighted by Crippen LogP contribution is 2.32. The van der Waals surface area contributed by atoms with Crippen molar-refractivity contribution in [3.63, 3.8) is 0 Å². The normalized spacial score (nSPS) is 20.3. The fourth-order valence-electron chi connectivity index (χ4n) is 3.14. The van der Waals surface area contributed by atoms with Gasteiger partial charge in [0.2, 0.25) is 0 Å².